The van der Waals surface area contributed by atoms with Crippen LogP contribution in [0.2, 0.25) is 0 Å². The minimum absolute atomic E-state index is 0.250. The molecular formula is C17H11F5N2OS. The molecule has 0 aliphatic heterocycles. The van der Waals surface area contributed by atoms with Crippen molar-refractivity contribution < 1.29 is 26.7 Å². The number of H-pyrrole nitrogens is 1. The van der Waals surface area contributed by atoms with Gasteiger partial charge in [0.25, 0.3) is 0 Å². The van der Waals surface area contributed by atoms with E-state index in [9.17, 15) is 22.0 Å². The summed E-state index contributed by atoms with van der Waals surface area (Å²) in [6, 6.07) is 7.15. The third-order valence-corrected chi connectivity index (χ3v) is 4.23. The Labute approximate surface area is 149 Å². The third-order valence-electron chi connectivity index (χ3n) is 3.35. The summed E-state index contributed by atoms with van der Waals surface area (Å²) < 4.78 is 71.8. The SMILES string of the molecule is Fc1cccc(-c2c[nH]cc2SNc2cc(F)c(OC(F)F)cc2F)c1. The first-order valence-corrected chi connectivity index (χ1v) is 8.05. The molecule has 0 fully saturated rings. The number of anilines is 1. The predicted molar refractivity (Wildman–Crippen MR) is 88.7 cm³/mol. The third kappa shape index (κ3) is 4.10. The normalized spacial score (nSPS) is 11.0. The predicted octanol–water partition coefficient (Wildman–Crippen LogP) is 5.82. The van der Waals surface area contributed by atoms with E-state index in [4.69, 9.17) is 0 Å². The van der Waals surface area contributed by atoms with Gasteiger partial charge in [-0.15, -0.1) is 0 Å². The van der Waals surface area contributed by atoms with E-state index in [0.29, 0.717) is 28.2 Å². The second-order valence-corrected chi connectivity index (χ2v) is 5.94. The Balaban J connectivity index is 1.78. The van der Waals surface area contributed by atoms with E-state index in [1.54, 1.807) is 24.5 Å². The second kappa shape index (κ2) is 7.69. The van der Waals surface area contributed by atoms with Crippen LogP contribution in [-0.2, 0) is 0 Å². The highest BCUT2D eigenvalue weighted by Gasteiger charge is 2.16. The van der Waals surface area contributed by atoms with Gasteiger partial charge in [0, 0.05) is 30.1 Å². The van der Waals surface area contributed by atoms with Crippen LogP contribution >= 0.6 is 11.9 Å². The van der Waals surface area contributed by atoms with Gasteiger partial charge in [0.05, 0.1) is 10.6 Å². The molecule has 3 aromatic rings. The zero-order valence-electron chi connectivity index (χ0n) is 12.9. The Morgan fingerprint density at radius 2 is 1.81 bits per heavy atom. The molecule has 136 valence electrons. The van der Waals surface area contributed by atoms with Gasteiger partial charge in [-0.2, -0.15) is 8.78 Å². The lowest BCUT2D eigenvalue weighted by Gasteiger charge is -2.11. The number of hydrogen-bond acceptors (Lipinski definition) is 3. The number of alkyl halides is 2. The molecule has 0 unspecified atom stereocenters. The molecule has 26 heavy (non-hydrogen) atoms. The van der Waals surface area contributed by atoms with Crippen LogP contribution in [0.5, 0.6) is 5.75 Å². The highest BCUT2D eigenvalue weighted by Crippen LogP contribution is 2.34. The van der Waals surface area contributed by atoms with Crippen molar-refractivity contribution in [3.8, 4) is 16.9 Å². The molecule has 2 N–H and O–H groups in total. The number of aromatic amines is 1. The Morgan fingerprint density at radius 3 is 2.54 bits per heavy atom. The number of hydrogen-bond donors (Lipinski definition) is 2. The minimum atomic E-state index is -3.26. The molecule has 1 aromatic heterocycles. The topological polar surface area (TPSA) is 37.0 Å². The van der Waals surface area contributed by atoms with Crippen molar-refractivity contribution in [2.24, 2.45) is 0 Å². The van der Waals surface area contributed by atoms with E-state index in [-0.39, 0.29) is 5.69 Å². The quantitative estimate of drug-likeness (QED) is 0.414. The molecule has 0 spiro atoms. The second-order valence-electron chi connectivity index (χ2n) is 5.09. The standard InChI is InChI=1S/C17H11F5N2OS/c18-10-3-1-2-9(4-10)11-7-23-8-16(11)26-24-14-5-13(20)15(6-12(14)19)25-17(21)22/h1-8,17,23-24H. The summed E-state index contributed by atoms with van der Waals surface area (Å²) in [6.07, 6.45) is 3.23. The van der Waals surface area contributed by atoms with Crippen molar-refractivity contribution in [1.29, 1.82) is 0 Å². The number of rotatable bonds is 6. The van der Waals surface area contributed by atoms with Gasteiger partial charge in [-0.05, 0) is 29.6 Å². The van der Waals surface area contributed by atoms with Gasteiger partial charge < -0.3 is 14.4 Å². The van der Waals surface area contributed by atoms with E-state index < -0.39 is 29.8 Å². The maximum Gasteiger partial charge on any atom is 0.387 e. The molecule has 0 amide bonds. The van der Waals surface area contributed by atoms with Crippen LogP contribution in [0.25, 0.3) is 11.1 Å². The highest BCUT2D eigenvalue weighted by atomic mass is 32.2. The summed E-state index contributed by atoms with van der Waals surface area (Å²) in [7, 11) is 0. The highest BCUT2D eigenvalue weighted by molar-refractivity contribution is 8.00. The van der Waals surface area contributed by atoms with Crippen LogP contribution in [0, 0.1) is 17.5 Å². The number of benzene rings is 2. The molecule has 0 atom stereocenters. The molecule has 3 nitrogen and oxygen atoms in total. The zero-order chi connectivity index (χ0) is 18.7. The summed E-state index contributed by atoms with van der Waals surface area (Å²) in [4.78, 5) is 3.46. The zero-order valence-corrected chi connectivity index (χ0v) is 13.7. The summed E-state index contributed by atoms with van der Waals surface area (Å²) in [6.45, 7) is -3.26. The fourth-order valence-corrected chi connectivity index (χ4v) is 3.01. The van der Waals surface area contributed by atoms with E-state index in [0.717, 1.165) is 11.9 Å². The lowest BCUT2D eigenvalue weighted by molar-refractivity contribution is -0.0523. The lowest BCUT2D eigenvalue weighted by Crippen LogP contribution is -2.05. The van der Waals surface area contributed by atoms with Crippen molar-refractivity contribution in [3.05, 3.63) is 66.2 Å². The van der Waals surface area contributed by atoms with Gasteiger partial charge in [0.1, 0.15) is 5.82 Å². The number of aromatic nitrogens is 1. The van der Waals surface area contributed by atoms with Gasteiger partial charge in [-0.1, -0.05) is 12.1 Å². The first kappa shape index (κ1) is 18.1. The minimum Gasteiger partial charge on any atom is -0.432 e. The average Bonchev–Trinajstić information content (AvgIpc) is 3.05. The fourth-order valence-electron chi connectivity index (χ4n) is 2.22. The Hall–Kier alpha value is -2.68. The molecule has 0 radical (unpaired) electrons. The molecule has 2 aromatic carbocycles. The maximum absolute atomic E-state index is 14.0. The average molecular weight is 386 g/mol. The number of nitrogens with one attached hydrogen (secondary N) is 2. The van der Waals surface area contributed by atoms with Crippen LogP contribution in [-0.4, -0.2) is 11.6 Å². The summed E-state index contributed by atoms with van der Waals surface area (Å²) in [5.74, 6) is -3.38. The van der Waals surface area contributed by atoms with Crippen molar-refractivity contribution >= 4 is 17.6 Å². The molecule has 0 aliphatic carbocycles. The van der Waals surface area contributed by atoms with E-state index in [2.05, 4.69) is 14.4 Å². The van der Waals surface area contributed by atoms with Crippen molar-refractivity contribution in [3.63, 3.8) is 0 Å². The summed E-state index contributed by atoms with van der Waals surface area (Å²) in [5, 5.41) is 0. The molecule has 0 aliphatic rings. The van der Waals surface area contributed by atoms with E-state index in [1.165, 1.54) is 12.1 Å². The number of halogens is 5. The van der Waals surface area contributed by atoms with Crippen molar-refractivity contribution in [2.45, 2.75) is 11.5 Å². The summed E-state index contributed by atoms with van der Waals surface area (Å²) >= 11 is 0.951. The number of ether oxygens (including phenoxy) is 1. The molecular weight excluding hydrogens is 375 g/mol. The van der Waals surface area contributed by atoms with E-state index >= 15 is 0 Å². The van der Waals surface area contributed by atoms with Gasteiger partial charge in [0.15, 0.2) is 17.4 Å². The molecule has 0 saturated heterocycles. The Morgan fingerprint density at radius 1 is 1.00 bits per heavy atom. The molecule has 1 heterocycles. The molecule has 9 heteroatoms. The van der Waals surface area contributed by atoms with Crippen molar-refractivity contribution in [1.82, 2.24) is 4.98 Å². The first-order chi connectivity index (χ1) is 12.4. The largest absolute Gasteiger partial charge is 0.432 e. The van der Waals surface area contributed by atoms with Crippen molar-refractivity contribution in [2.75, 3.05) is 4.72 Å². The fraction of sp³-hybridized carbons (Fsp3) is 0.0588. The Kier molecular flexibility index (Phi) is 5.36. The van der Waals surface area contributed by atoms with Crippen LogP contribution in [0.15, 0.2) is 53.7 Å². The van der Waals surface area contributed by atoms with Crippen LogP contribution in [0.4, 0.5) is 27.6 Å². The van der Waals surface area contributed by atoms with Gasteiger partial charge in [-0.3, -0.25) is 0 Å². The smallest absolute Gasteiger partial charge is 0.387 e. The summed E-state index contributed by atoms with van der Waals surface area (Å²) in [5.41, 5.74) is 1.00. The van der Waals surface area contributed by atoms with Crippen LogP contribution < -0.4 is 9.46 Å². The molecule has 0 saturated carbocycles. The Bertz CT molecular complexity index is 916. The monoisotopic (exact) mass is 386 g/mol. The first-order valence-electron chi connectivity index (χ1n) is 7.23. The van der Waals surface area contributed by atoms with Gasteiger partial charge >= 0.3 is 6.61 Å². The van der Waals surface area contributed by atoms with Crippen LogP contribution in [0.3, 0.4) is 0 Å². The molecule has 3 rings (SSSR count). The van der Waals surface area contributed by atoms with E-state index in [1.807, 2.05) is 0 Å². The maximum atomic E-state index is 14.0. The lowest BCUT2D eigenvalue weighted by atomic mass is 10.1. The van der Waals surface area contributed by atoms with Gasteiger partial charge in [0.2, 0.25) is 0 Å². The van der Waals surface area contributed by atoms with Crippen LogP contribution in [0.1, 0.15) is 0 Å². The van der Waals surface area contributed by atoms with Gasteiger partial charge in [-0.25, -0.2) is 13.2 Å². The molecule has 0 bridgehead atoms.